The molecule has 2 aromatic carbocycles. The Morgan fingerprint density at radius 3 is 2.64 bits per heavy atom. The van der Waals surface area contributed by atoms with Crippen LogP contribution in [0.4, 0.5) is 5.69 Å². The molecule has 1 amide bonds. The highest BCUT2D eigenvalue weighted by Crippen LogP contribution is 2.44. The fourth-order valence-electron chi connectivity index (χ4n) is 4.96. The number of nitrogens with one attached hydrogen (secondary N) is 2. The number of rotatable bonds is 3. The van der Waals surface area contributed by atoms with Gasteiger partial charge in [0.25, 0.3) is 5.91 Å². The number of hydrogen-bond donors (Lipinski definition) is 2. The smallest absolute Gasteiger partial charge is 0.253 e. The molecule has 1 fully saturated rings. The van der Waals surface area contributed by atoms with Crippen molar-refractivity contribution in [3.05, 3.63) is 72.1 Å². The number of carbonyl (C=O) groups excluding carboxylic acids is 1. The van der Waals surface area contributed by atoms with Gasteiger partial charge < -0.3 is 19.5 Å². The number of tetrazole rings is 1. The fraction of sp³-hybridized carbons (Fsp3) is 0.250. The van der Waals surface area contributed by atoms with Crippen molar-refractivity contribution in [1.29, 1.82) is 0 Å². The molecule has 2 aliphatic rings. The summed E-state index contributed by atoms with van der Waals surface area (Å²) in [4.78, 5) is 15.1. The number of carbonyl (C=O) groups is 1. The van der Waals surface area contributed by atoms with Crippen molar-refractivity contribution in [2.45, 2.75) is 18.4 Å². The van der Waals surface area contributed by atoms with Crippen molar-refractivity contribution in [3.63, 3.8) is 0 Å². The van der Waals surface area contributed by atoms with Crippen LogP contribution in [0.1, 0.15) is 28.9 Å². The molecule has 166 valence electrons. The van der Waals surface area contributed by atoms with Crippen molar-refractivity contribution in [1.82, 2.24) is 30.1 Å². The number of methoxy groups -OCH3 is 1. The van der Waals surface area contributed by atoms with Gasteiger partial charge in [-0.2, -0.15) is 5.21 Å². The van der Waals surface area contributed by atoms with Gasteiger partial charge in [-0.25, -0.2) is 0 Å². The lowest BCUT2D eigenvalue weighted by atomic mass is 9.82. The maximum absolute atomic E-state index is 13.2. The summed E-state index contributed by atoms with van der Waals surface area (Å²) < 4.78 is 7.69. The average Bonchev–Trinajstić information content (AvgIpc) is 3.57. The van der Waals surface area contributed by atoms with Gasteiger partial charge >= 0.3 is 0 Å². The molecule has 0 atom stereocenters. The number of likely N-dealkylation sites (tertiary alicyclic amines) is 1. The molecule has 1 saturated heterocycles. The fourth-order valence-corrected chi connectivity index (χ4v) is 4.96. The molecule has 1 spiro atoms. The summed E-state index contributed by atoms with van der Waals surface area (Å²) >= 11 is 0. The van der Waals surface area contributed by atoms with Crippen LogP contribution in [0.5, 0.6) is 5.75 Å². The Hall–Kier alpha value is -4.14. The summed E-state index contributed by atoms with van der Waals surface area (Å²) in [5, 5.41) is 17.8. The Morgan fingerprint density at radius 2 is 1.91 bits per heavy atom. The molecule has 0 aliphatic carbocycles. The minimum absolute atomic E-state index is 0.0396. The maximum Gasteiger partial charge on any atom is 0.253 e. The Kier molecular flexibility index (Phi) is 4.42. The Balaban J connectivity index is 1.22. The number of hydrogen-bond acceptors (Lipinski definition) is 6. The number of benzene rings is 2. The number of aromatic nitrogens is 5. The normalized spacial score (nSPS) is 16.1. The number of piperidine rings is 1. The number of nitrogens with zero attached hydrogens (tertiary/aromatic N) is 5. The molecule has 0 unspecified atom stereocenters. The maximum atomic E-state index is 13.2. The quantitative estimate of drug-likeness (QED) is 0.506. The molecular weight excluding hydrogens is 418 g/mol. The summed E-state index contributed by atoms with van der Waals surface area (Å²) in [6, 6.07) is 17.7. The summed E-state index contributed by atoms with van der Waals surface area (Å²) in [6.45, 7) is 1.34. The topological polar surface area (TPSA) is 101 Å². The lowest BCUT2D eigenvalue weighted by molar-refractivity contribution is 0.0676. The highest BCUT2D eigenvalue weighted by molar-refractivity contribution is 5.94. The van der Waals surface area contributed by atoms with E-state index in [2.05, 4.69) is 54.9 Å². The van der Waals surface area contributed by atoms with Crippen LogP contribution in [0.15, 0.2) is 60.8 Å². The van der Waals surface area contributed by atoms with Crippen molar-refractivity contribution in [3.8, 4) is 22.8 Å². The number of fused-ring (bicyclic) bond motifs is 4. The van der Waals surface area contributed by atoms with Gasteiger partial charge in [0.15, 0.2) is 0 Å². The number of aromatic amines is 1. The number of ether oxygens (including phenoxy) is 1. The molecule has 33 heavy (non-hydrogen) atoms. The Morgan fingerprint density at radius 1 is 1.09 bits per heavy atom. The summed E-state index contributed by atoms with van der Waals surface area (Å²) in [5.41, 5.74) is 4.66. The van der Waals surface area contributed by atoms with Crippen LogP contribution in [0.3, 0.4) is 0 Å². The van der Waals surface area contributed by atoms with E-state index >= 15 is 0 Å². The van der Waals surface area contributed by atoms with Crippen LogP contribution in [0, 0.1) is 0 Å². The van der Waals surface area contributed by atoms with Crippen LogP contribution in [0.2, 0.25) is 0 Å². The summed E-state index contributed by atoms with van der Waals surface area (Å²) in [7, 11) is 1.68. The molecule has 6 rings (SSSR count). The first kappa shape index (κ1) is 19.5. The molecule has 2 aliphatic heterocycles. The van der Waals surface area contributed by atoms with E-state index in [1.54, 1.807) is 7.11 Å². The van der Waals surface area contributed by atoms with E-state index < -0.39 is 0 Å². The highest BCUT2D eigenvalue weighted by Gasteiger charge is 2.42. The van der Waals surface area contributed by atoms with E-state index in [-0.39, 0.29) is 11.4 Å². The van der Waals surface area contributed by atoms with E-state index in [1.165, 1.54) is 5.69 Å². The van der Waals surface area contributed by atoms with Gasteiger partial charge in [0.05, 0.1) is 24.0 Å². The van der Waals surface area contributed by atoms with Crippen LogP contribution in [-0.4, -0.2) is 56.2 Å². The predicted molar refractivity (Wildman–Crippen MR) is 122 cm³/mol. The number of amides is 1. The van der Waals surface area contributed by atoms with Gasteiger partial charge in [-0.15, -0.1) is 10.2 Å². The molecule has 0 bridgehead atoms. The molecule has 2 aromatic heterocycles. The average molecular weight is 441 g/mol. The van der Waals surface area contributed by atoms with Crippen molar-refractivity contribution in [2.75, 3.05) is 25.5 Å². The minimum Gasteiger partial charge on any atom is -0.497 e. The van der Waals surface area contributed by atoms with Gasteiger partial charge in [0.2, 0.25) is 5.82 Å². The summed E-state index contributed by atoms with van der Waals surface area (Å²) in [6.07, 6.45) is 3.74. The molecule has 9 nitrogen and oxygen atoms in total. The van der Waals surface area contributed by atoms with Crippen LogP contribution in [0.25, 0.3) is 17.1 Å². The standard InChI is InChI=1S/C24H23N7O2/c1-33-18-8-9-20-19(15-18)25-24(21-3-2-12-31(20)21)10-13-30(14-11-24)23(32)17-6-4-16(5-7-17)22-26-28-29-27-22/h2-9,12,15,25H,10-11,13-14H2,1H3,(H,26,27,28,29). The van der Waals surface area contributed by atoms with Crippen molar-refractivity contribution in [2.24, 2.45) is 0 Å². The van der Waals surface area contributed by atoms with Crippen LogP contribution >= 0.6 is 0 Å². The van der Waals surface area contributed by atoms with E-state index in [0.29, 0.717) is 24.5 Å². The van der Waals surface area contributed by atoms with Gasteiger partial charge in [-0.3, -0.25) is 4.79 Å². The molecular formula is C24H23N7O2. The molecule has 0 saturated carbocycles. The lowest BCUT2D eigenvalue weighted by Crippen LogP contribution is -2.51. The zero-order chi connectivity index (χ0) is 22.4. The second-order valence-corrected chi connectivity index (χ2v) is 8.46. The van der Waals surface area contributed by atoms with E-state index in [9.17, 15) is 4.79 Å². The molecule has 2 N–H and O–H groups in total. The second kappa shape index (κ2) is 7.47. The number of H-pyrrole nitrogens is 1. The predicted octanol–water partition coefficient (Wildman–Crippen LogP) is 3.22. The van der Waals surface area contributed by atoms with Crippen LogP contribution < -0.4 is 10.1 Å². The first-order chi connectivity index (χ1) is 16.2. The van der Waals surface area contributed by atoms with E-state index in [1.807, 2.05) is 41.3 Å². The zero-order valence-corrected chi connectivity index (χ0v) is 18.2. The lowest BCUT2D eigenvalue weighted by Gasteiger charge is -2.46. The Labute approximate surface area is 190 Å². The van der Waals surface area contributed by atoms with Crippen molar-refractivity contribution >= 4 is 11.6 Å². The second-order valence-electron chi connectivity index (χ2n) is 8.46. The van der Waals surface area contributed by atoms with Crippen LogP contribution in [-0.2, 0) is 5.54 Å². The SMILES string of the molecule is COc1ccc2c(c1)NC1(CCN(C(=O)c3ccc(-c4nn[nH]n4)cc3)CC1)c1cccn1-2. The first-order valence-electron chi connectivity index (χ1n) is 10.9. The largest absolute Gasteiger partial charge is 0.497 e. The summed E-state index contributed by atoms with van der Waals surface area (Å²) in [5.74, 6) is 1.37. The minimum atomic E-state index is -0.220. The van der Waals surface area contributed by atoms with Gasteiger partial charge in [0.1, 0.15) is 5.75 Å². The van der Waals surface area contributed by atoms with Crippen molar-refractivity contribution < 1.29 is 9.53 Å². The molecule has 4 heterocycles. The third-order valence-corrected chi connectivity index (χ3v) is 6.72. The van der Waals surface area contributed by atoms with Gasteiger partial charge in [-0.1, -0.05) is 12.1 Å². The third-order valence-electron chi connectivity index (χ3n) is 6.72. The zero-order valence-electron chi connectivity index (χ0n) is 18.2. The van der Waals surface area contributed by atoms with E-state index in [4.69, 9.17) is 4.74 Å². The highest BCUT2D eigenvalue weighted by atomic mass is 16.5. The van der Waals surface area contributed by atoms with Gasteiger partial charge in [-0.05, 0) is 54.5 Å². The molecule has 4 aromatic rings. The third kappa shape index (κ3) is 3.15. The molecule has 9 heteroatoms. The first-order valence-corrected chi connectivity index (χ1v) is 10.9. The molecule has 0 radical (unpaired) electrons. The Bertz CT molecular complexity index is 1300. The van der Waals surface area contributed by atoms with Gasteiger partial charge in [0, 0.05) is 42.2 Å². The monoisotopic (exact) mass is 441 g/mol. The number of anilines is 1. The van der Waals surface area contributed by atoms with E-state index in [0.717, 1.165) is 35.5 Å².